The molecule has 5 rings (SSSR count). The van der Waals surface area contributed by atoms with Crippen LogP contribution in [-0.2, 0) is 6.54 Å². The lowest BCUT2D eigenvalue weighted by molar-refractivity contribution is 0.0364. The van der Waals surface area contributed by atoms with E-state index in [-0.39, 0.29) is 17.2 Å². The van der Waals surface area contributed by atoms with E-state index < -0.39 is 0 Å². The maximum Gasteiger partial charge on any atom is 0.257 e. The Bertz CT molecular complexity index is 1290. The highest BCUT2D eigenvalue weighted by molar-refractivity contribution is 5.97. The van der Waals surface area contributed by atoms with Gasteiger partial charge in [0.15, 0.2) is 0 Å². The van der Waals surface area contributed by atoms with Crippen LogP contribution in [0.25, 0.3) is 0 Å². The van der Waals surface area contributed by atoms with Gasteiger partial charge in [-0.1, -0.05) is 12.1 Å². The van der Waals surface area contributed by atoms with E-state index in [0.29, 0.717) is 49.7 Å². The fourth-order valence-corrected chi connectivity index (χ4v) is 5.65. The smallest absolute Gasteiger partial charge is 0.257 e. The molecule has 39 heavy (non-hydrogen) atoms. The first-order valence-corrected chi connectivity index (χ1v) is 13.8. The zero-order valence-electron chi connectivity index (χ0n) is 22.8. The summed E-state index contributed by atoms with van der Waals surface area (Å²) >= 11 is 0. The average molecular weight is 532 g/mol. The highest BCUT2D eigenvalue weighted by Gasteiger charge is 2.37. The zero-order valence-corrected chi connectivity index (χ0v) is 22.8. The number of likely N-dealkylation sites (tertiary alicyclic amines) is 1. The van der Waals surface area contributed by atoms with Gasteiger partial charge in [0.2, 0.25) is 0 Å². The summed E-state index contributed by atoms with van der Waals surface area (Å²) in [6, 6.07) is 7.42. The van der Waals surface area contributed by atoms with Crippen LogP contribution in [0.2, 0.25) is 0 Å². The maximum atomic E-state index is 13.3. The number of hydrogen-bond acceptors (Lipinski definition) is 7. The molecule has 1 spiro atoms. The average Bonchev–Trinajstić information content (AvgIpc) is 3.36. The molecule has 2 aromatic heterocycles. The number of piperidine rings is 1. The fraction of sp³-hybridized carbons (Fsp3) is 0.483. The number of aryl methyl sites for hydroxylation is 1. The van der Waals surface area contributed by atoms with Crippen molar-refractivity contribution in [1.29, 1.82) is 0 Å². The van der Waals surface area contributed by atoms with Gasteiger partial charge in [0, 0.05) is 62.8 Å². The summed E-state index contributed by atoms with van der Waals surface area (Å²) in [5, 5.41) is 7.39. The van der Waals surface area contributed by atoms with E-state index in [2.05, 4.69) is 25.3 Å². The molecule has 1 saturated heterocycles. The number of carbonyl (C=O) groups is 2. The minimum atomic E-state index is -0.151. The molecule has 1 N–H and O–H groups in total. The number of amides is 2. The normalized spacial score (nSPS) is 18.3. The predicted octanol–water partition coefficient (Wildman–Crippen LogP) is 3.33. The van der Waals surface area contributed by atoms with Gasteiger partial charge in [0.25, 0.3) is 11.8 Å². The summed E-state index contributed by atoms with van der Waals surface area (Å²) in [5.74, 6) is 1.29. The van der Waals surface area contributed by atoms with Crippen molar-refractivity contribution in [3.8, 4) is 5.75 Å². The predicted molar refractivity (Wildman–Crippen MR) is 148 cm³/mol. The molecule has 2 aliphatic heterocycles. The summed E-state index contributed by atoms with van der Waals surface area (Å²) in [6.45, 7) is 8.45. The van der Waals surface area contributed by atoms with Crippen LogP contribution in [-0.4, -0.2) is 75.8 Å². The molecular formula is C29H37N7O3. The first kappa shape index (κ1) is 26.6. The summed E-state index contributed by atoms with van der Waals surface area (Å²) < 4.78 is 8.24. The SMILES string of the molecule is CCn1ncc(C(=O)N2CCC3(CCCN(c4cnccn4)CCNC(=O)c4ccccc4OC3)CC2)c1C. The fourth-order valence-electron chi connectivity index (χ4n) is 5.65. The Morgan fingerprint density at radius 1 is 1.08 bits per heavy atom. The third kappa shape index (κ3) is 5.89. The second kappa shape index (κ2) is 11.8. The largest absolute Gasteiger partial charge is 0.492 e. The summed E-state index contributed by atoms with van der Waals surface area (Å²) in [7, 11) is 0. The number of nitrogens with one attached hydrogen (secondary N) is 1. The monoisotopic (exact) mass is 531 g/mol. The van der Waals surface area contributed by atoms with E-state index in [4.69, 9.17) is 4.74 Å². The van der Waals surface area contributed by atoms with Crippen LogP contribution in [0.3, 0.4) is 0 Å². The molecule has 0 bridgehead atoms. The van der Waals surface area contributed by atoms with Crippen LogP contribution in [0.5, 0.6) is 5.75 Å². The molecule has 1 fully saturated rings. The Hall–Kier alpha value is -3.95. The molecule has 3 aromatic rings. The molecule has 2 aliphatic rings. The number of anilines is 1. The number of ether oxygens (including phenoxy) is 1. The van der Waals surface area contributed by atoms with E-state index in [0.717, 1.165) is 50.3 Å². The molecule has 10 heteroatoms. The van der Waals surface area contributed by atoms with E-state index in [9.17, 15) is 9.59 Å². The lowest BCUT2D eigenvalue weighted by Crippen LogP contribution is -2.46. The van der Waals surface area contributed by atoms with E-state index >= 15 is 0 Å². The highest BCUT2D eigenvalue weighted by Crippen LogP contribution is 2.38. The Morgan fingerprint density at radius 2 is 1.90 bits per heavy atom. The van der Waals surface area contributed by atoms with Gasteiger partial charge < -0.3 is 19.9 Å². The number of benzene rings is 1. The van der Waals surface area contributed by atoms with Crippen LogP contribution in [0.1, 0.15) is 59.0 Å². The van der Waals surface area contributed by atoms with Crippen LogP contribution in [0.15, 0.2) is 49.1 Å². The Morgan fingerprint density at radius 3 is 2.64 bits per heavy atom. The van der Waals surface area contributed by atoms with Gasteiger partial charge >= 0.3 is 0 Å². The second-order valence-electron chi connectivity index (χ2n) is 10.4. The summed E-state index contributed by atoms with van der Waals surface area (Å²) in [5.41, 5.74) is 2.02. The minimum Gasteiger partial charge on any atom is -0.492 e. The van der Waals surface area contributed by atoms with Gasteiger partial charge in [-0.3, -0.25) is 19.3 Å². The van der Waals surface area contributed by atoms with Crippen LogP contribution >= 0.6 is 0 Å². The lowest BCUT2D eigenvalue weighted by Gasteiger charge is -2.42. The van der Waals surface area contributed by atoms with Crippen molar-refractivity contribution in [2.24, 2.45) is 5.41 Å². The second-order valence-corrected chi connectivity index (χ2v) is 10.4. The number of nitrogens with zero attached hydrogens (tertiary/aromatic N) is 6. The van der Waals surface area contributed by atoms with E-state index in [1.54, 1.807) is 30.9 Å². The summed E-state index contributed by atoms with van der Waals surface area (Å²) in [4.78, 5) is 39.2. The van der Waals surface area contributed by atoms with Crippen molar-refractivity contribution >= 4 is 17.6 Å². The number of rotatable bonds is 3. The molecule has 0 aliphatic carbocycles. The third-order valence-electron chi connectivity index (χ3n) is 8.09. The minimum absolute atomic E-state index is 0.0449. The van der Waals surface area contributed by atoms with Crippen molar-refractivity contribution in [2.45, 2.75) is 46.1 Å². The standard InChI is InChI=1S/C29H37N7O3/c1-3-36-22(2)24(19-33-36)28(38)35-16-10-29(11-17-35)9-6-15-34(26-20-30-12-13-31-26)18-14-32-27(37)23-7-4-5-8-25(23)39-21-29/h4-5,7-8,12-13,19-20H,3,6,9-11,14-18,21H2,1-2H3,(H,32,37). The van der Waals surface area contributed by atoms with Crippen LogP contribution < -0.4 is 15.0 Å². The molecule has 4 heterocycles. The van der Waals surface area contributed by atoms with Crippen molar-refractivity contribution in [3.05, 3.63) is 65.9 Å². The van der Waals surface area contributed by atoms with E-state index in [1.807, 2.05) is 41.6 Å². The molecule has 1 aromatic carbocycles. The van der Waals surface area contributed by atoms with Crippen molar-refractivity contribution < 1.29 is 14.3 Å². The Balaban J connectivity index is 1.35. The van der Waals surface area contributed by atoms with Gasteiger partial charge in [0.1, 0.15) is 11.6 Å². The lowest BCUT2D eigenvalue weighted by atomic mass is 9.75. The van der Waals surface area contributed by atoms with E-state index in [1.165, 1.54) is 0 Å². The Labute approximate surface area is 229 Å². The third-order valence-corrected chi connectivity index (χ3v) is 8.09. The number of fused-ring (bicyclic) bond motifs is 1. The molecule has 10 nitrogen and oxygen atoms in total. The van der Waals surface area contributed by atoms with Crippen molar-refractivity contribution in [1.82, 2.24) is 30.0 Å². The quantitative estimate of drug-likeness (QED) is 0.553. The number of hydrogen-bond donors (Lipinski definition) is 1. The first-order chi connectivity index (χ1) is 19.0. The van der Waals surface area contributed by atoms with Crippen LogP contribution in [0, 0.1) is 12.3 Å². The van der Waals surface area contributed by atoms with Crippen molar-refractivity contribution in [2.75, 3.05) is 44.2 Å². The Kier molecular flexibility index (Phi) is 8.09. The molecule has 0 unspecified atom stereocenters. The van der Waals surface area contributed by atoms with Gasteiger partial charge in [-0.25, -0.2) is 4.98 Å². The summed E-state index contributed by atoms with van der Waals surface area (Å²) in [6.07, 6.45) is 10.4. The van der Waals surface area contributed by atoms with Gasteiger partial charge in [-0.2, -0.15) is 5.10 Å². The molecular weight excluding hydrogens is 494 g/mol. The molecule has 206 valence electrons. The van der Waals surface area contributed by atoms with Gasteiger partial charge in [-0.05, 0) is 51.7 Å². The number of aromatic nitrogens is 4. The molecule has 0 atom stereocenters. The maximum absolute atomic E-state index is 13.3. The zero-order chi connectivity index (χ0) is 27.2. The number of para-hydroxylation sites is 1. The van der Waals surface area contributed by atoms with Crippen LogP contribution in [0.4, 0.5) is 5.82 Å². The topological polar surface area (TPSA) is 105 Å². The highest BCUT2D eigenvalue weighted by atomic mass is 16.5. The number of carbonyl (C=O) groups excluding carboxylic acids is 2. The molecule has 0 radical (unpaired) electrons. The van der Waals surface area contributed by atoms with Gasteiger partial charge in [0.05, 0.1) is 30.1 Å². The van der Waals surface area contributed by atoms with Crippen molar-refractivity contribution in [3.63, 3.8) is 0 Å². The first-order valence-electron chi connectivity index (χ1n) is 13.8. The molecule has 0 saturated carbocycles. The van der Waals surface area contributed by atoms with Gasteiger partial charge in [-0.15, -0.1) is 0 Å². The molecule has 2 amide bonds.